The second-order valence-electron chi connectivity index (χ2n) is 2.89. The minimum absolute atomic E-state index is 0. The first-order valence-corrected chi connectivity index (χ1v) is 3.30. The van der Waals surface area contributed by atoms with Gasteiger partial charge in [0.15, 0.2) is 0 Å². The van der Waals surface area contributed by atoms with Crippen molar-refractivity contribution in [1.82, 2.24) is 0 Å². The van der Waals surface area contributed by atoms with E-state index in [2.05, 4.69) is 13.8 Å². The van der Waals surface area contributed by atoms with Crippen molar-refractivity contribution in [2.24, 2.45) is 11.8 Å². The average molecular weight is 164 g/mol. The van der Waals surface area contributed by atoms with Crippen LogP contribution in [0.3, 0.4) is 0 Å². The fourth-order valence-electron chi connectivity index (χ4n) is 1.33. The van der Waals surface area contributed by atoms with Crippen molar-refractivity contribution in [1.29, 1.82) is 0 Å². The first kappa shape index (κ1) is 16.8. The molecular formula is C9H25P. The highest BCUT2D eigenvalue weighted by Gasteiger charge is 2.17. The predicted octanol–water partition coefficient (Wildman–Crippen LogP) is 3.77. The summed E-state index contributed by atoms with van der Waals surface area (Å²) in [5, 5.41) is 0. The molecule has 0 amide bonds. The summed E-state index contributed by atoms with van der Waals surface area (Å²) in [7, 11) is 0. The van der Waals surface area contributed by atoms with E-state index in [0.29, 0.717) is 0 Å². The lowest BCUT2D eigenvalue weighted by molar-refractivity contribution is 0.457. The molecule has 1 fully saturated rings. The zero-order valence-electron chi connectivity index (χ0n) is 5.98. The van der Waals surface area contributed by atoms with Crippen LogP contribution in [0.2, 0.25) is 0 Å². The molecule has 1 heteroatoms. The van der Waals surface area contributed by atoms with Gasteiger partial charge in [0.25, 0.3) is 0 Å². The molecule has 3 atom stereocenters. The average Bonchev–Trinajstić information content (AvgIpc) is 1.91. The maximum absolute atomic E-state index is 2.36. The molecule has 1 aliphatic rings. The smallest absolute Gasteiger partial charge is 0.0417 e. The Kier molecular flexibility index (Phi) is 12.7. The van der Waals surface area contributed by atoms with Crippen molar-refractivity contribution >= 4 is 9.90 Å². The molecule has 0 N–H and O–H groups in total. The molecule has 10 heavy (non-hydrogen) atoms. The normalized spacial score (nSPS) is 29.4. The SMILES string of the molecule is C.C.CC1CCCC1C.P. The van der Waals surface area contributed by atoms with Gasteiger partial charge in [-0.2, -0.15) is 9.90 Å². The summed E-state index contributed by atoms with van der Waals surface area (Å²) in [6.07, 6.45) is 4.42. The maximum atomic E-state index is 2.36. The molecule has 0 radical (unpaired) electrons. The van der Waals surface area contributed by atoms with Gasteiger partial charge >= 0.3 is 0 Å². The predicted molar refractivity (Wildman–Crippen MR) is 56.7 cm³/mol. The molecule has 0 heterocycles. The lowest BCUT2D eigenvalue weighted by atomic mass is 10.0. The lowest BCUT2D eigenvalue weighted by Gasteiger charge is -2.05. The summed E-state index contributed by atoms with van der Waals surface area (Å²) in [4.78, 5) is 0. The molecule has 0 aromatic rings. The molecule has 0 aromatic carbocycles. The number of hydrogen-bond acceptors (Lipinski definition) is 0. The van der Waals surface area contributed by atoms with Crippen molar-refractivity contribution in [3.63, 3.8) is 0 Å². The van der Waals surface area contributed by atoms with E-state index in [9.17, 15) is 0 Å². The van der Waals surface area contributed by atoms with Gasteiger partial charge in [-0.3, -0.25) is 0 Å². The van der Waals surface area contributed by atoms with Gasteiger partial charge in [0, 0.05) is 0 Å². The van der Waals surface area contributed by atoms with Gasteiger partial charge in [0.1, 0.15) is 0 Å². The summed E-state index contributed by atoms with van der Waals surface area (Å²) in [5.41, 5.74) is 0. The summed E-state index contributed by atoms with van der Waals surface area (Å²) in [6, 6.07) is 0. The van der Waals surface area contributed by atoms with E-state index in [1.165, 1.54) is 19.3 Å². The summed E-state index contributed by atoms with van der Waals surface area (Å²) >= 11 is 0. The van der Waals surface area contributed by atoms with E-state index in [1.54, 1.807) is 0 Å². The molecule has 1 rings (SSSR count). The van der Waals surface area contributed by atoms with Crippen LogP contribution in [0.4, 0.5) is 0 Å². The Labute approximate surface area is 70.4 Å². The summed E-state index contributed by atoms with van der Waals surface area (Å²) in [5.74, 6) is 2.03. The largest absolute Gasteiger partial charge is 0.153 e. The fourth-order valence-corrected chi connectivity index (χ4v) is 1.33. The van der Waals surface area contributed by atoms with Crippen LogP contribution in [-0.2, 0) is 0 Å². The highest BCUT2D eigenvalue weighted by Crippen LogP contribution is 2.29. The van der Waals surface area contributed by atoms with Gasteiger partial charge in [0.05, 0.1) is 0 Å². The van der Waals surface area contributed by atoms with Gasteiger partial charge in [-0.25, -0.2) is 0 Å². The first-order chi connectivity index (χ1) is 3.30. The molecule has 1 aliphatic carbocycles. The molecule has 3 unspecified atom stereocenters. The Hall–Kier alpha value is 0.430. The van der Waals surface area contributed by atoms with Gasteiger partial charge < -0.3 is 0 Å². The van der Waals surface area contributed by atoms with E-state index >= 15 is 0 Å². The van der Waals surface area contributed by atoms with E-state index in [4.69, 9.17) is 0 Å². The first-order valence-electron chi connectivity index (χ1n) is 3.30. The zero-order chi connectivity index (χ0) is 5.28. The minimum Gasteiger partial charge on any atom is -0.153 e. The van der Waals surface area contributed by atoms with Gasteiger partial charge in [-0.1, -0.05) is 48.0 Å². The van der Waals surface area contributed by atoms with E-state index in [0.717, 1.165) is 11.8 Å². The van der Waals surface area contributed by atoms with Crippen molar-refractivity contribution in [3.8, 4) is 0 Å². The molecule has 0 aromatic heterocycles. The summed E-state index contributed by atoms with van der Waals surface area (Å²) < 4.78 is 0. The highest BCUT2D eigenvalue weighted by molar-refractivity contribution is 6.92. The molecular weight excluding hydrogens is 139 g/mol. The Balaban J connectivity index is -0.000000163. The quantitative estimate of drug-likeness (QED) is 0.478. The molecule has 66 valence electrons. The second kappa shape index (κ2) is 7.54. The van der Waals surface area contributed by atoms with Crippen LogP contribution in [0.5, 0.6) is 0 Å². The Morgan fingerprint density at radius 2 is 1.20 bits per heavy atom. The molecule has 0 spiro atoms. The van der Waals surface area contributed by atoms with Crippen LogP contribution < -0.4 is 0 Å². The van der Waals surface area contributed by atoms with Crippen LogP contribution in [0.1, 0.15) is 48.0 Å². The minimum atomic E-state index is 0. The third kappa shape index (κ3) is 4.28. The Morgan fingerprint density at radius 3 is 1.30 bits per heavy atom. The van der Waals surface area contributed by atoms with Gasteiger partial charge in [-0.05, 0) is 11.8 Å². The summed E-state index contributed by atoms with van der Waals surface area (Å²) in [6.45, 7) is 4.72. The standard InChI is InChI=1S/C7H14.2CH4.H3P/c1-6-4-3-5-7(6)2;;;/h6-7H,3-5H2,1-2H3;2*1H4;1H3. The second-order valence-corrected chi connectivity index (χ2v) is 2.89. The van der Waals surface area contributed by atoms with Crippen LogP contribution in [0.25, 0.3) is 0 Å². The van der Waals surface area contributed by atoms with Crippen LogP contribution >= 0.6 is 9.90 Å². The van der Waals surface area contributed by atoms with Crippen LogP contribution in [-0.4, -0.2) is 0 Å². The third-order valence-electron chi connectivity index (χ3n) is 2.29. The van der Waals surface area contributed by atoms with E-state index in [-0.39, 0.29) is 24.8 Å². The molecule has 0 nitrogen and oxygen atoms in total. The molecule has 0 saturated heterocycles. The maximum Gasteiger partial charge on any atom is -0.0417 e. The third-order valence-corrected chi connectivity index (χ3v) is 2.29. The fraction of sp³-hybridized carbons (Fsp3) is 1.00. The number of rotatable bonds is 0. The van der Waals surface area contributed by atoms with Crippen molar-refractivity contribution in [3.05, 3.63) is 0 Å². The van der Waals surface area contributed by atoms with Crippen molar-refractivity contribution < 1.29 is 0 Å². The van der Waals surface area contributed by atoms with Gasteiger partial charge in [-0.15, -0.1) is 0 Å². The van der Waals surface area contributed by atoms with Crippen molar-refractivity contribution in [2.75, 3.05) is 0 Å². The highest BCUT2D eigenvalue weighted by atomic mass is 31.0. The lowest BCUT2D eigenvalue weighted by Crippen LogP contribution is -1.95. The van der Waals surface area contributed by atoms with E-state index in [1.807, 2.05) is 0 Å². The van der Waals surface area contributed by atoms with Crippen molar-refractivity contribution in [2.45, 2.75) is 48.0 Å². The van der Waals surface area contributed by atoms with Crippen LogP contribution in [0.15, 0.2) is 0 Å². The Bertz CT molecular complexity index is 53.7. The van der Waals surface area contributed by atoms with Crippen LogP contribution in [0, 0.1) is 11.8 Å². The molecule has 1 saturated carbocycles. The topological polar surface area (TPSA) is 0 Å². The molecule has 0 aliphatic heterocycles. The monoisotopic (exact) mass is 164 g/mol. The zero-order valence-corrected chi connectivity index (χ0v) is 7.40. The Morgan fingerprint density at radius 1 is 0.900 bits per heavy atom. The number of hydrogen-bond donors (Lipinski definition) is 0. The van der Waals surface area contributed by atoms with E-state index < -0.39 is 0 Å². The van der Waals surface area contributed by atoms with Gasteiger partial charge in [0.2, 0.25) is 0 Å². The molecule has 0 bridgehead atoms.